The van der Waals surface area contributed by atoms with Crippen molar-refractivity contribution in [1.82, 2.24) is 29.5 Å². The quantitative estimate of drug-likeness (QED) is 0.284. The third-order valence-corrected chi connectivity index (χ3v) is 10.9. The van der Waals surface area contributed by atoms with Crippen LogP contribution in [0.4, 0.5) is 0 Å². The summed E-state index contributed by atoms with van der Waals surface area (Å²) in [7, 11) is 0. The molecule has 0 spiro atoms. The monoisotopic (exact) mass is 789 g/mol. The van der Waals surface area contributed by atoms with Crippen molar-refractivity contribution in [3.05, 3.63) is 77.7 Å². The first kappa shape index (κ1) is 27.9. The highest BCUT2D eigenvalue weighted by Crippen LogP contribution is 2.60. The van der Waals surface area contributed by atoms with Gasteiger partial charge in [0.05, 0.1) is 11.4 Å². The van der Waals surface area contributed by atoms with Gasteiger partial charge in [0.1, 0.15) is 0 Å². The molecule has 0 radical (unpaired) electrons. The lowest BCUT2D eigenvalue weighted by Gasteiger charge is -2.19. The second kappa shape index (κ2) is 9.82. The summed E-state index contributed by atoms with van der Waals surface area (Å²) in [5, 5.41) is 18.2. The van der Waals surface area contributed by atoms with Gasteiger partial charge in [0.2, 0.25) is 0 Å². The zero-order valence-electron chi connectivity index (χ0n) is 23.1. The van der Waals surface area contributed by atoms with E-state index in [0.29, 0.717) is 34.2 Å². The van der Waals surface area contributed by atoms with Crippen molar-refractivity contribution in [3.63, 3.8) is 0 Å². The molecular formula is C30H29I2N7O3. The number of halogens is 2. The number of nitrogens with two attached hydrogens (primary N) is 1. The Morgan fingerprint density at radius 3 is 1.74 bits per heavy atom. The third kappa shape index (κ3) is 4.74. The third-order valence-electron chi connectivity index (χ3n) is 9.58. The van der Waals surface area contributed by atoms with E-state index < -0.39 is 11.9 Å². The number of hydrogen-bond acceptors (Lipinski definition) is 6. The Hall–Kier alpha value is -2.88. The van der Waals surface area contributed by atoms with Crippen LogP contribution in [0.3, 0.4) is 0 Å². The first-order valence-electron chi connectivity index (χ1n) is 13.9. The number of rotatable bonds is 4. The van der Waals surface area contributed by atoms with Crippen molar-refractivity contribution >= 4 is 57.1 Å². The number of fused-ring (bicyclic) bond motifs is 4. The summed E-state index contributed by atoms with van der Waals surface area (Å²) in [6, 6.07) is 7.75. The fourth-order valence-electron chi connectivity index (χ4n) is 6.87. The Kier molecular flexibility index (Phi) is 6.53. The van der Waals surface area contributed by atoms with Crippen LogP contribution in [-0.2, 0) is 25.7 Å². The van der Waals surface area contributed by atoms with Gasteiger partial charge < -0.3 is 10.8 Å². The summed E-state index contributed by atoms with van der Waals surface area (Å²) in [4.78, 5) is 31.9. The highest BCUT2D eigenvalue weighted by Gasteiger charge is 2.55. The van der Waals surface area contributed by atoms with E-state index in [1.807, 2.05) is 28.9 Å². The molecule has 0 aromatic carbocycles. The van der Waals surface area contributed by atoms with Crippen LogP contribution in [0.15, 0.2) is 36.7 Å². The average molecular weight is 789 g/mol. The van der Waals surface area contributed by atoms with Crippen LogP contribution in [-0.4, -0.2) is 46.5 Å². The molecule has 42 heavy (non-hydrogen) atoms. The summed E-state index contributed by atoms with van der Waals surface area (Å²) >= 11 is 4.48. The van der Waals surface area contributed by atoms with Crippen LogP contribution < -0.4 is 5.73 Å². The van der Waals surface area contributed by atoms with Crippen molar-refractivity contribution in [1.29, 1.82) is 0 Å². The van der Waals surface area contributed by atoms with Crippen LogP contribution in [0.5, 0.6) is 0 Å². The van der Waals surface area contributed by atoms with Crippen LogP contribution in [0.1, 0.15) is 70.2 Å². The minimum Gasteiger partial charge on any atom is -0.476 e. The van der Waals surface area contributed by atoms with E-state index in [1.165, 1.54) is 12.8 Å². The number of pyridine rings is 2. The van der Waals surface area contributed by atoms with Crippen LogP contribution in [0, 0.1) is 29.8 Å². The molecule has 2 saturated carbocycles. The number of aromatic carboxylic acids is 1. The van der Waals surface area contributed by atoms with Gasteiger partial charge in [-0.25, -0.2) is 24.1 Å². The van der Waals surface area contributed by atoms with Crippen molar-refractivity contribution in [2.75, 3.05) is 0 Å². The average Bonchev–Trinajstić information content (AvgIpc) is 3.68. The molecule has 1 amide bonds. The molecule has 0 saturated heterocycles. The molecule has 12 heteroatoms. The molecule has 0 bridgehead atoms. The zero-order valence-corrected chi connectivity index (χ0v) is 27.5. The number of carbonyl (C=O) groups excluding carboxylic acids is 1. The summed E-state index contributed by atoms with van der Waals surface area (Å²) in [5.74, 6) is 1.36. The number of hydrogen-bond donors (Lipinski definition) is 2. The molecule has 3 N–H and O–H groups in total. The molecule has 0 unspecified atom stereocenters. The van der Waals surface area contributed by atoms with E-state index in [1.54, 1.807) is 17.1 Å². The number of carboxylic acids is 1. The molecule has 4 aliphatic carbocycles. The molecule has 4 aromatic heterocycles. The number of amides is 1. The lowest BCUT2D eigenvalue weighted by molar-refractivity contribution is 0.0688. The highest BCUT2D eigenvalue weighted by molar-refractivity contribution is 14.1. The molecule has 8 rings (SSSR count). The highest BCUT2D eigenvalue weighted by atomic mass is 127. The van der Waals surface area contributed by atoms with Gasteiger partial charge in [-0.3, -0.25) is 4.79 Å². The van der Waals surface area contributed by atoms with Gasteiger partial charge in [-0.1, -0.05) is 13.8 Å². The SMILES string of the molecule is C[C@]12Cc3c(c(C(=O)O)nn3-c3cc(I)ccn3)C[C@H]1C2.C[C@]12Cc3c(c(C(N)=O)nn3-c3cc(I)ccn3)C[C@H]1C2. The van der Waals surface area contributed by atoms with Gasteiger partial charge in [0.25, 0.3) is 5.91 Å². The van der Waals surface area contributed by atoms with Gasteiger partial charge >= 0.3 is 5.97 Å². The summed E-state index contributed by atoms with van der Waals surface area (Å²) in [6.45, 7) is 4.59. The molecule has 4 aliphatic rings. The van der Waals surface area contributed by atoms with Gasteiger partial charge in [0.15, 0.2) is 23.0 Å². The molecule has 0 aliphatic heterocycles. The van der Waals surface area contributed by atoms with E-state index in [4.69, 9.17) is 5.73 Å². The maximum Gasteiger partial charge on any atom is 0.356 e. The maximum absolute atomic E-state index is 11.7. The van der Waals surface area contributed by atoms with Crippen LogP contribution in [0.2, 0.25) is 0 Å². The first-order valence-corrected chi connectivity index (χ1v) is 16.1. The minimum absolute atomic E-state index is 0.194. The van der Waals surface area contributed by atoms with Crippen molar-refractivity contribution in [2.24, 2.45) is 28.4 Å². The largest absolute Gasteiger partial charge is 0.476 e. The first-order chi connectivity index (χ1) is 20.0. The summed E-state index contributed by atoms with van der Waals surface area (Å²) < 4.78 is 5.71. The van der Waals surface area contributed by atoms with Crippen molar-refractivity contribution in [3.8, 4) is 11.6 Å². The van der Waals surface area contributed by atoms with E-state index in [-0.39, 0.29) is 5.69 Å². The molecular weight excluding hydrogens is 760 g/mol. The number of nitrogens with zero attached hydrogens (tertiary/aromatic N) is 6. The fourth-order valence-corrected chi connectivity index (χ4v) is 7.74. The molecule has 4 atom stereocenters. The summed E-state index contributed by atoms with van der Waals surface area (Å²) in [5.41, 5.74) is 10.9. The fraction of sp³-hybridized carbons (Fsp3) is 0.400. The van der Waals surface area contributed by atoms with Gasteiger partial charge in [-0.2, -0.15) is 10.2 Å². The summed E-state index contributed by atoms with van der Waals surface area (Å²) in [6.07, 6.45) is 9.47. The molecule has 4 aromatic rings. The predicted octanol–water partition coefficient (Wildman–Crippen LogP) is 4.79. The Morgan fingerprint density at radius 2 is 1.31 bits per heavy atom. The minimum atomic E-state index is -0.945. The standard InChI is InChI=1S/C15H15IN4O.C15H14IN3O2/c1-15-6-8(15)4-10-11(7-15)20(19-13(10)14(17)21)12-5-9(16)2-3-18-12;1-15-6-8(15)4-10-11(7-15)19(18-13(10)14(20)21)12-5-9(16)2-3-17-12/h2-3,5,8H,4,6-7H2,1H3,(H2,17,21);2-3,5,8H,4,6-7H2,1H3,(H,20,21)/t2*8-,15-/m00/s1. The van der Waals surface area contributed by atoms with Gasteiger partial charge in [-0.05, 0) is 131 Å². The second-order valence-corrected chi connectivity index (χ2v) is 15.1. The Morgan fingerprint density at radius 1 is 0.857 bits per heavy atom. The Balaban J connectivity index is 0.000000137. The Bertz CT molecular complexity index is 1670. The number of carboxylic acid groups (broad SMARTS) is 1. The molecule has 216 valence electrons. The smallest absolute Gasteiger partial charge is 0.356 e. The normalized spacial score (nSPS) is 26.1. The molecule has 4 heterocycles. The van der Waals surface area contributed by atoms with E-state index in [2.05, 4.69) is 79.2 Å². The Labute approximate surface area is 269 Å². The molecule has 10 nitrogen and oxygen atoms in total. The second-order valence-electron chi connectivity index (χ2n) is 12.6. The lowest BCUT2D eigenvalue weighted by Crippen LogP contribution is -2.18. The molecule has 2 fully saturated rings. The zero-order chi connectivity index (χ0) is 29.6. The number of aromatic nitrogens is 6. The van der Waals surface area contributed by atoms with Crippen LogP contribution in [0.25, 0.3) is 11.6 Å². The van der Waals surface area contributed by atoms with Crippen LogP contribution >= 0.6 is 45.2 Å². The van der Waals surface area contributed by atoms with Gasteiger partial charge in [-0.15, -0.1) is 0 Å². The van der Waals surface area contributed by atoms with Gasteiger partial charge in [0, 0.05) is 30.7 Å². The topological polar surface area (TPSA) is 142 Å². The maximum atomic E-state index is 11.7. The van der Waals surface area contributed by atoms with Crippen molar-refractivity contribution in [2.45, 2.75) is 52.4 Å². The van der Waals surface area contributed by atoms with E-state index in [9.17, 15) is 14.7 Å². The lowest BCUT2D eigenvalue weighted by atomic mass is 9.87. The van der Waals surface area contributed by atoms with E-state index in [0.717, 1.165) is 61.2 Å². The predicted molar refractivity (Wildman–Crippen MR) is 171 cm³/mol. The number of primary amides is 1. The van der Waals surface area contributed by atoms with E-state index >= 15 is 0 Å². The number of carbonyl (C=O) groups is 2. The van der Waals surface area contributed by atoms with Crippen molar-refractivity contribution < 1.29 is 14.7 Å².